The molecule has 24 heavy (non-hydrogen) atoms. The normalized spacial score (nSPS) is 20.2. The number of rotatable bonds is 1. The van der Waals surface area contributed by atoms with Crippen molar-refractivity contribution in [1.82, 2.24) is 19.5 Å². The Morgan fingerprint density at radius 2 is 2.00 bits per heavy atom. The third-order valence-electron chi connectivity index (χ3n) is 4.68. The molecule has 122 valence electrons. The van der Waals surface area contributed by atoms with Crippen LogP contribution in [0.3, 0.4) is 0 Å². The average Bonchev–Trinajstić information content (AvgIpc) is 3.00. The van der Waals surface area contributed by atoms with Gasteiger partial charge in [-0.05, 0) is 39.9 Å². The van der Waals surface area contributed by atoms with Crippen LogP contribution in [0.4, 0.5) is 0 Å². The van der Waals surface area contributed by atoms with E-state index in [1.54, 1.807) is 23.0 Å². The van der Waals surface area contributed by atoms with Crippen molar-refractivity contribution in [3.05, 3.63) is 64.0 Å². The predicted molar refractivity (Wildman–Crippen MR) is 95.0 cm³/mol. The largest absolute Gasteiger partial charge is 0.330 e. The molecule has 4 rings (SSSR count). The van der Waals surface area contributed by atoms with Crippen LogP contribution in [0.25, 0.3) is 5.65 Å². The number of carbonyl (C=O) groups is 1. The van der Waals surface area contributed by atoms with E-state index in [0.717, 1.165) is 4.47 Å². The average molecular weight is 385 g/mol. The molecule has 1 amide bonds. The van der Waals surface area contributed by atoms with Crippen LogP contribution in [-0.4, -0.2) is 31.9 Å². The van der Waals surface area contributed by atoms with Gasteiger partial charge in [-0.1, -0.05) is 31.2 Å². The molecule has 3 aromatic rings. The Morgan fingerprint density at radius 1 is 1.25 bits per heavy atom. The summed E-state index contributed by atoms with van der Waals surface area (Å²) < 4.78 is 2.45. The second kappa shape index (κ2) is 5.70. The smallest absolute Gasteiger partial charge is 0.274 e. The Labute approximate surface area is 148 Å². The molecule has 0 saturated heterocycles. The molecule has 1 aliphatic rings. The van der Waals surface area contributed by atoms with Crippen LogP contribution in [0, 0.1) is 0 Å². The number of amides is 1. The van der Waals surface area contributed by atoms with Crippen LogP contribution < -0.4 is 0 Å². The molecular formula is C18H17BrN4O. The topological polar surface area (TPSA) is 50.5 Å². The van der Waals surface area contributed by atoms with Gasteiger partial charge in [0.2, 0.25) is 0 Å². The van der Waals surface area contributed by atoms with Gasteiger partial charge < -0.3 is 4.90 Å². The first-order valence-corrected chi connectivity index (χ1v) is 8.74. The first-order valence-electron chi connectivity index (χ1n) is 7.95. The van der Waals surface area contributed by atoms with E-state index in [0.29, 0.717) is 23.8 Å². The number of carbonyl (C=O) groups excluding carboxylic acids is 1. The van der Waals surface area contributed by atoms with Gasteiger partial charge in [-0.25, -0.2) is 9.50 Å². The summed E-state index contributed by atoms with van der Waals surface area (Å²) in [5.41, 5.74) is 3.64. The van der Waals surface area contributed by atoms with E-state index in [9.17, 15) is 4.79 Å². The maximum Gasteiger partial charge on any atom is 0.274 e. The summed E-state index contributed by atoms with van der Waals surface area (Å²) in [5.74, 6) is 0.260. The molecule has 0 saturated carbocycles. The van der Waals surface area contributed by atoms with E-state index in [1.807, 2.05) is 11.0 Å². The first-order chi connectivity index (χ1) is 11.5. The summed E-state index contributed by atoms with van der Waals surface area (Å²) >= 11 is 3.37. The number of aromatic nitrogens is 3. The molecule has 0 fully saturated rings. The van der Waals surface area contributed by atoms with Gasteiger partial charge in [0.25, 0.3) is 5.91 Å². The van der Waals surface area contributed by atoms with Gasteiger partial charge in [0, 0.05) is 25.0 Å². The van der Waals surface area contributed by atoms with E-state index in [-0.39, 0.29) is 11.9 Å². The SMILES string of the molecule is C[C@@H]1CN(C(=O)c2cc3ncc(Br)cn3n2)[C@H](C)c2ccccc21. The van der Waals surface area contributed by atoms with Crippen molar-refractivity contribution >= 4 is 27.5 Å². The van der Waals surface area contributed by atoms with Crippen molar-refractivity contribution in [2.75, 3.05) is 6.54 Å². The summed E-state index contributed by atoms with van der Waals surface area (Å²) in [5, 5.41) is 4.40. The molecule has 2 atom stereocenters. The van der Waals surface area contributed by atoms with E-state index in [1.165, 1.54) is 11.1 Å². The number of hydrogen-bond acceptors (Lipinski definition) is 3. The van der Waals surface area contributed by atoms with Crippen LogP contribution in [0.2, 0.25) is 0 Å². The lowest BCUT2D eigenvalue weighted by Crippen LogP contribution is -2.40. The highest BCUT2D eigenvalue weighted by Gasteiger charge is 2.32. The quantitative estimate of drug-likeness (QED) is 0.640. The molecule has 0 bridgehead atoms. The molecule has 6 heteroatoms. The Kier molecular flexibility index (Phi) is 3.64. The Morgan fingerprint density at radius 3 is 2.79 bits per heavy atom. The van der Waals surface area contributed by atoms with Gasteiger partial charge in [-0.2, -0.15) is 5.10 Å². The summed E-state index contributed by atoms with van der Waals surface area (Å²) in [7, 11) is 0. The second-order valence-electron chi connectivity index (χ2n) is 6.27. The summed E-state index contributed by atoms with van der Waals surface area (Å²) in [6.07, 6.45) is 3.50. The van der Waals surface area contributed by atoms with Gasteiger partial charge in [-0.15, -0.1) is 0 Å². The lowest BCUT2D eigenvalue weighted by molar-refractivity contribution is 0.0653. The second-order valence-corrected chi connectivity index (χ2v) is 7.18. The third-order valence-corrected chi connectivity index (χ3v) is 5.09. The maximum atomic E-state index is 13.0. The highest BCUT2D eigenvalue weighted by molar-refractivity contribution is 9.10. The lowest BCUT2D eigenvalue weighted by atomic mass is 9.86. The number of hydrogen-bond donors (Lipinski definition) is 0. The van der Waals surface area contributed by atoms with Crippen LogP contribution >= 0.6 is 15.9 Å². The van der Waals surface area contributed by atoms with Crippen LogP contribution in [0.5, 0.6) is 0 Å². The zero-order valence-corrected chi connectivity index (χ0v) is 15.1. The van der Waals surface area contributed by atoms with Gasteiger partial charge in [0.1, 0.15) is 0 Å². The zero-order chi connectivity index (χ0) is 16.8. The predicted octanol–water partition coefficient (Wildman–Crippen LogP) is 3.81. The van der Waals surface area contributed by atoms with Crippen molar-refractivity contribution < 1.29 is 4.79 Å². The molecule has 0 N–H and O–H groups in total. The number of halogens is 1. The number of nitrogens with zero attached hydrogens (tertiary/aromatic N) is 4. The molecule has 1 aliphatic heterocycles. The fourth-order valence-corrected chi connectivity index (χ4v) is 3.72. The fraction of sp³-hybridized carbons (Fsp3) is 0.278. The van der Waals surface area contributed by atoms with E-state index >= 15 is 0 Å². The van der Waals surface area contributed by atoms with Gasteiger partial charge in [0.05, 0.1) is 10.5 Å². The van der Waals surface area contributed by atoms with Crippen molar-refractivity contribution in [1.29, 1.82) is 0 Å². The van der Waals surface area contributed by atoms with Crippen molar-refractivity contribution in [2.45, 2.75) is 25.8 Å². The van der Waals surface area contributed by atoms with Crippen molar-refractivity contribution in [3.63, 3.8) is 0 Å². The summed E-state index contributed by atoms with van der Waals surface area (Å²) in [4.78, 5) is 19.2. The Balaban J connectivity index is 1.71. The summed E-state index contributed by atoms with van der Waals surface area (Å²) in [6, 6.07) is 10.1. The van der Waals surface area contributed by atoms with E-state index in [4.69, 9.17) is 0 Å². The highest BCUT2D eigenvalue weighted by Crippen LogP contribution is 2.36. The Bertz CT molecular complexity index is 936. The molecule has 0 aliphatic carbocycles. The first kappa shape index (κ1) is 15.3. The maximum absolute atomic E-state index is 13.0. The molecule has 5 nitrogen and oxygen atoms in total. The minimum absolute atomic E-state index is 0.0365. The minimum Gasteiger partial charge on any atom is -0.330 e. The molecule has 0 spiro atoms. The molecule has 0 unspecified atom stereocenters. The van der Waals surface area contributed by atoms with Gasteiger partial charge in [-0.3, -0.25) is 4.79 Å². The standard InChI is InChI=1S/C18H17BrN4O/c1-11-9-22(12(2)15-6-4-3-5-14(11)15)18(24)16-7-17-20-8-13(19)10-23(17)21-16/h3-8,10-12H,9H2,1-2H3/t11-,12-/m1/s1. The molecular weight excluding hydrogens is 368 g/mol. The molecule has 2 aromatic heterocycles. The zero-order valence-electron chi connectivity index (χ0n) is 13.5. The van der Waals surface area contributed by atoms with E-state index < -0.39 is 0 Å². The molecule has 1 aromatic carbocycles. The Hall–Kier alpha value is -2.21. The monoisotopic (exact) mass is 384 g/mol. The highest BCUT2D eigenvalue weighted by atomic mass is 79.9. The number of benzene rings is 1. The van der Waals surface area contributed by atoms with Crippen LogP contribution in [0.1, 0.15) is 47.4 Å². The van der Waals surface area contributed by atoms with Gasteiger partial charge >= 0.3 is 0 Å². The molecule has 3 heterocycles. The lowest BCUT2D eigenvalue weighted by Gasteiger charge is -2.38. The van der Waals surface area contributed by atoms with Crippen LogP contribution in [-0.2, 0) is 0 Å². The van der Waals surface area contributed by atoms with Crippen LogP contribution in [0.15, 0.2) is 47.2 Å². The van der Waals surface area contributed by atoms with Gasteiger partial charge in [0.15, 0.2) is 11.3 Å². The number of fused-ring (bicyclic) bond motifs is 2. The van der Waals surface area contributed by atoms with Crippen molar-refractivity contribution in [3.8, 4) is 0 Å². The third kappa shape index (κ3) is 2.41. The van der Waals surface area contributed by atoms with Crippen molar-refractivity contribution in [2.24, 2.45) is 0 Å². The fourth-order valence-electron chi connectivity index (χ4n) is 3.42. The van der Waals surface area contributed by atoms with E-state index in [2.05, 4.69) is 58.1 Å². The summed E-state index contributed by atoms with van der Waals surface area (Å²) in [6.45, 7) is 4.93. The molecule has 0 radical (unpaired) electrons. The minimum atomic E-state index is -0.0505.